The Bertz CT molecular complexity index is 220. The van der Waals surface area contributed by atoms with Gasteiger partial charge in [0.1, 0.15) is 12.2 Å². The van der Waals surface area contributed by atoms with Crippen LogP contribution in [-0.4, -0.2) is 15.2 Å². The van der Waals surface area contributed by atoms with Crippen molar-refractivity contribution in [2.24, 2.45) is 0 Å². The van der Waals surface area contributed by atoms with E-state index in [1.54, 1.807) is 0 Å². The smallest absolute Gasteiger partial charge is 0.134 e. The van der Waals surface area contributed by atoms with Crippen LogP contribution in [-0.2, 0) is 0 Å². The average molecular weight is 136 g/mol. The van der Waals surface area contributed by atoms with E-state index >= 15 is 0 Å². The molecule has 0 spiro atoms. The summed E-state index contributed by atoms with van der Waals surface area (Å²) in [5.74, 6) is 0.939. The highest BCUT2D eigenvalue weighted by Gasteiger charge is 2.06. The molecule has 1 aromatic heterocycles. The first kappa shape index (κ1) is 6.75. The molecular formula is C6H8N4. The summed E-state index contributed by atoms with van der Waals surface area (Å²) in [7, 11) is 0. The molecule has 10 heavy (non-hydrogen) atoms. The van der Waals surface area contributed by atoms with E-state index in [4.69, 9.17) is 5.26 Å². The van der Waals surface area contributed by atoms with Crippen molar-refractivity contribution in [3.8, 4) is 6.07 Å². The minimum Gasteiger partial charge on any atom is -0.331 e. The van der Waals surface area contributed by atoms with Crippen LogP contribution in [0.5, 0.6) is 0 Å². The maximum atomic E-state index is 8.32. The summed E-state index contributed by atoms with van der Waals surface area (Å²) in [4.78, 5) is 2.85. The van der Waals surface area contributed by atoms with E-state index < -0.39 is 0 Å². The normalized spacial score (nSPS) is 12.4. The summed E-state index contributed by atoms with van der Waals surface area (Å²) < 4.78 is 0. The Kier molecular flexibility index (Phi) is 2.00. The highest BCUT2D eigenvalue weighted by Crippen LogP contribution is 2.11. The van der Waals surface area contributed by atoms with Gasteiger partial charge in [0.05, 0.1) is 6.07 Å². The number of nitrogens with zero attached hydrogens (tertiary/aromatic N) is 3. The molecule has 4 nitrogen and oxygen atoms in total. The van der Waals surface area contributed by atoms with Gasteiger partial charge in [0.15, 0.2) is 0 Å². The van der Waals surface area contributed by atoms with E-state index in [9.17, 15) is 0 Å². The molecule has 0 amide bonds. The lowest BCUT2D eigenvalue weighted by molar-refractivity contribution is 0.725. The van der Waals surface area contributed by atoms with Crippen LogP contribution in [0.25, 0.3) is 0 Å². The summed E-state index contributed by atoms with van der Waals surface area (Å²) >= 11 is 0. The van der Waals surface area contributed by atoms with Gasteiger partial charge in [0.25, 0.3) is 0 Å². The van der Waals surface area contributed by atoms with E-state index in [2.05, 4.69) is 21.3 Å². The lowest BCUT2D eigenvalue weighted by atomic mass is 10.1. The molecule has 0 saturated heterocycles. The number of hydrogen-bond donors (Lipinski definition) is 1. The lowest BCUT2D eigenvalue weighted by Gasteiger charge is -1.98. The number of aromatic nitrogens is 3. The van der Waals surface area contributed by atoms with Crippen molar-refractivity contribution in [3.05, 3.63) is 12.2 Å². The Morgan fingerprint density at radius 1 is 1.90 bits per heavy atom. The van der Waals surface area contributed by atoms with Gasteiger partial charge < -0.3 is 4.98 Å². The Hall–Kier alpha value is -1.37. The van der Waals surface area contributed by atoms with Crippen molar-refractivity contribution >= 4 is 0 Å². The molecule has 1 aromatic rings. The molecule has 0 aliphatic rings. The van der Waals surface area contributed by atoms with Crippen LogP contribution < -0.4 is 0 Å². The zero-order valence-electron chi connectivity index (χ0n) is 5.70. The third kappa shape index (κ3) is 1.32. The van der Waals surface area contributed by atoms with Gasteiger partial charge in [-0.05, 0) is 0 Å². The fraction of sp³-hybridized carbons (Fsp3) is 0.500. The zero-order chi connectivity index (χ0) is 7.40. The first-order valence-corrected chi connectivity index (χ1v) is 3.07. The predicted octanol–water partition coefficient (Wildman–Crippen LogP) is 0.822. The van der Waals surface area contributed by atoms with Gasteiger partial charge in [-0.25, -0.2) is 0 Å². The van der Waals surface area contributed by atoms with Gasteiger partial charge in [0, 0.05) is 12.3 Å². The molecule has 4 heteroatoms. The summed E-state index contributed by atoms with van der Waals surface area (Å²) in [6, 6.07) is 2.07. The van der Waals surface area contributed by atoms with Crippen molar-refractivity contribution < 1.29 is 0 Å². The van der Waals surface area contributed by atoms with E-state index in [0.717, 1.165) is 5.82 Å². The zero-order valence-corrected chi connectivity index (χ0v) is 5.70. The number of H-pyrrole nitrogens is 1. The first-order valence-electron chi connectivity index (χ1n) is 3.07. The second-order valence-corrected chi connectivity index (χ2v) is 2.14. The molecule has 0 aromatic carbocycles. The highest BCUT2D eigenvalue weighted by atomic mass is 15.2. The summed E-state index contributed by atoms with van der Waals surface area (Å²) in [5, 5.41) is 15.7. The van der Waals surface area contributed by atoms with Gasteiger partial charge in [0.2, 0.25) is 0 Å². The molecule has 0 aliphatic heterocycles. The fourth-order valence-electron chi connectivity index (χ4n) is 0.689. The molecule has 1 N–H and O–H groups in total. The SMILES string of the molecule is CC(CC#N)c1nnc[nH]1. The molecule has 1 unspecified atom stereocenters. The predicted molar refractivity (Wildman–Crippen MR) is 35.0 cm³/mol. The summed E-state index contributed by atoms with van der Waals surface area (Å²) in [5.41, 5.74) is 0. The number of hydrogen-bond acceptors (Lipinski definition) is 3. The summed E-state index contributed by atoms with van der Waals surface area (Å²) in [6.07, 6.45) is 2.00. The molecular weight excluding hydrogens is 128 g/mol. The van der Waals surface area contributed by atoms with Crippen molar-refractivity contribution in [1.82, 2.24) is 15.2 Å². The second kappa shape index (κ2) is 2.97. The average Bonchev–Trinajstić information content (AvgIpc) is 2.38. The van der Waals surface area contributed by atoms with Crippen LogP contribution in [0.15, 0.2) is 6.33 Å². The molecule has 0 saturated carbocycles. The van der Waals surface area contributed by atoms with Gasteiger partial charge in [-0.2, -0.15) is 5.26 Å². The molecule has 0 bridgehead atoms. The van der Waals surface area contributed by atoms with Crippen LogP contribution in [0.3, 0.4) is 0 Å². The molecule has 1 atom stereocenters. The Labute approximate surface area is 58.9 Å². The molecule has 52 valence electrons. The van der Waals surface area contributed by atoms with E-state index in [-0.39, 0.29) is 5.92 Å². The van der Waals surface area contributed by atoms with Crippen LogP contribution in [0.2, 0.25) is 0 Å². The molecule has 1 heterocycles. The maximum absolute atomic E-state index is 8.32. The minimum absolute atomic E-state index is 0.160. The van der Waals surface area contributed by atoms with Gasteiger partial charge in [-0.3, -0.25) is 0 Å². The minimum atomic E-state index is 0.160. The Balaban J connectivity index is 2.61. The number of nitrogens with one attached hydrogen (secondary N) is 1. The number of aromatic amines is 1. The standard InChI is InChI=1S/C6H8N4/c1-5(2-3-7)6-8-4-9-10-6/h4-5H,2H2,1H3,(H,8,9,10). The van der Waals surface area contributed by atoms with Crippen molar-refractivity contribution in [1.29, 1.82) is 5.26 Å². The largest absolute Gasteiger partial charge is 0.331 e. The Morgan fingerprint density at radius 3 is 3.20 bits per heavy atom. The number of rotatable bonds is 2. The summed E-state index contributed by atoms with van der Waals surface area (Å²) in [6.45, 7) is 1.93. The van der Waals surface area contributed by atoms with Crippen molar-refractivity contribution in [3.63, 3.8) is 0 Å². The van der Waals surface area contributed by atoms with Crippen LogP contribution in [0, 0.1) is 11.3 Å². The van der Waals surface area contributed by atoms with Crippen molar-refractivity contribution in [2.45, 2.75) is 19.3 Å². The fourth-order valence-corrected chi connectivity index (χ4v) is 0.689. The topological polar surface area (TPSA) is 65.4 Å². The first-order chi connectivity index (χ1) is 4.84. The molecule has 1 rings (SSSR count). The van der Waals surface area contributed by atoms with Crippen molar-refractivity contribution in [2.75, 3.05) is 0 Å². The van der Waals surface area contributed by atoms with E-state index in [1.165, 1.54) is 6.33 Å². The molecule has 0 fully saturated rings. The van der Waals surface area contributed by atoms with Gasteiger partial charge >= 0.3 is 0 Å². The van der Waals surface area contributed by atoms with E-state index in [0.29, 0.717) is 6.42 Å². The highest BCUT2D eigenvalue weighted by molar-refractivity contribution is 4.94. The monoisotopic (exact) mass is 136 g/mol. The maximum Gasteiger partial charge on any atom is 0.134 e. The quantitative estimate of drug-likeness (QED) is 0.654. The number of nitriles is 1. The van der Waals surface area contributed by atoms with Gasteiger partial charge in [-0.15, -0.1) is 10.2 Å². The Morgan fingerprint density at radius 2 is 2.70 bits per heavy atom. The third-order valence-corrected chi connectivity index (χ3v) is 1.30. The lowest BCUT2D eigenvalue weighted by Crippen LogP contribution is -1.94. The second-order valence-electron chi connectivity index (χ2n) is 2.14. The van der Waals surface area contributed by atoms with Crippen LogP contribution >= 0.6 is 0 Å². The molecule has 0 radical (unpaired) electrons. The third-order valence-electron chi connectivity index (χ3n) is 1.30. The van der Waals surface area contributed by atoms with E-state index in [1.807, 2.05) is 6.92 Å². The molecule has 0 aliphatic carbocycles. The van der Waals surface area contributed by atoms with Gasteiger partial charge in [-0.1, -0.05) is 6.92 Å². The van der Waals surface area contributed by atoms with Crippen LogP contribution in [0.1, 0.15) is 25.1 Å². The van der Waals surface area contributed by atoms with Crippen LogP contribution in [0.4, 0.5) is 0 Å².